The lowest BCUT2D eigenvalue weighted by molar-refractivity contribution is -0.0459. The molecule has 9 nitrogen and oxygen atoms in total. The van der Waals surface area contributed by atoms with Gasteiger partial charge in [0.15, 0.2) is 5.82 Å². The van der Waals surface area contributed by atoms with Crippen molar-refractivity contribution in [2.24, 2.45) is 0 Å². The van der Waals surface area contributed by atoms with Crippen LogP contribution in [0, 0.1) is 0 Å². The van der Waals surface area contributed by atoms with Crippen molar-refractivity contribution in [1.29, 1.82) is 0 Å². The zero-order valence-corrected chi connectivity index (χ0v) is 32.1. The highest BCUT2D eigenvalue weighted by molar-refractivity contribution is 8.00. The fourth-order valence-electron chi connectivity index (χ4n) is 6.49. The fourth-order valence-corrected chi connectivity index (χ4v) is 7.50. The Kier molecular flexibility index (Phi) is 20.4. The molecule has 2 aromatic heterocycles. The highest BCUT2D eigenvalue weighted by Crippen LogP contribution is 2.35. The fraction of sp³-hybridized carbons (Fsp3) is 0.692. The third-order valence-electron chi connectivity index (χ3n) is 9.45. The molecule has 11 heteroatoms. The number of nitrogen functional groups attached to an aromatic ring is 1. The summed E-state index contributed by atoms with van der Waals surface area (Å²) < 4.78 is 32.2. The molecule has 4 rings (SSSR count). The predicted octanol–water partition coefficient (Wildman–Crippen LogP) is 10.2. The molecule has 2 N–H and O–H groups in total. The molecule has 0 saturated carbocycles. The Labute approximate surface area is 306 Å². The van der Waals surface area contributed by atoms with Crippen LogP contribution in [0.3, 0.4) is 0 Å². The van der Waals surface area contributed by atoms with Crippen LogP contribution in [0.2, 0.25) is 0 Å². The molecule has 0 aliphatic carbocycles. The first kappa shape index (κ1) is 40.7. The summed E-state index contributed by atoms with van der Waals surface area (Å²) in [5.41, 5.74) is 8.86. The van der Waals surface area contributed by atoms with Crippen LogP contribution in [0.15, 0.2) is 48.8 Å². The zero-order chi connectivity index (χ0) is 35.1. The number of benzene rings is 1. The molecule has 1 aliphatic rings. The van der Waals surface area contributed by atoms with E-state index in [9.17, 15) is 0 Å². The van der Waals surface area contributed by atoms with Gasteiger partial charge in [-0.15, -0.1) is 9.05 Å². The molecule has 1 saturated heterocycles. The summed E-state index contributed by atoms with van der Waals surface area (Å²) in [5, 5.41) is 4.35. The molecule has 0 bridgehead atoms. The second kappa shape index (κ2) is 25.0. The summed E-state index contributed by atoms with van der Waals surface area (Å²) in [4.78, 5) is 4.07. The van der Waals surface area contributed by atoms with Crippen molar-refractivity contribution in [2.45, 2.75) is 147 Å². The lowest BCUT2D eigenvalue weighted by atomic mass is 10.0. The minimum Gasteiger partial charge on any atom is -0.382 e. The van der Waals surface area contributed by atoms with Crippen LogP contribution in [-0.4, -0.2) is 53.2 Å². The Balaban J connectivity index is 1.04. The number of hydrogen-bond donors (Lipinski definition) is 1. The van der Waals surface area contributed by atoms with Gasteiger partial charge in [0, 0.05) is 6.61 Å². The molecule has 3 heterocycles. The van der Waals surface area contributed by atoms with E-state index in [4.69, 9.17) is 40.8 Å². The van der Waals surface area contributed by atoms with Crippen molar-refractivity contribution in [3.63, 3.8) is 0 Å². The monoisotopic (exact) mass is 729 g/mol. The van der Waals surface area contributed by atoms with Crippen molar-refractivity contribution in [3.05, 3.63) is 60.0 Å². The van der Waals surface area contributed by atoms with Gasteiger partial charge in [-0.2, -0.15) is 5.10 Å². The van der Waals surface area contributed by atoms with E-state index in [0.29, 0.717) is 32.2 Å². The van der Waals surface area contributed by atoms with Gasteiger partial charge in [0.1, 0.15) is 37.3 Å². The third kappa shape index (κ3) is 15.7. The van der Waals surface area contributed by atoms with Gasteiger partial charge in [-0.25, -0.2) is 9.50 Å². The van der Waals surface area contributed by atoms with Gasteiger partial charge >= 0.3 is 7.15 Å². The smallest absolute Gasteiger partial charge is 0.382 e. The largest absolute Gasteiger partial charge is 0.521 e. The standard InChI is InChI=1S/C39H62N4O5PS/c1-2-3-4-5-6-7-8-9-10-11-12-13-14-15-16-20-27-44-29-35(45-28-33-21-18-17-19-22-33)31-47-49(50)46-30-34-23-26-38(48-34)36-24-25-37-39(40)41-32-42-43(36)37/h17-19,21-22,24-25,32,34-35,38H,2-16,20,23,26-31H2,1H3,(H2,40,41,42)/q+1. The van der Waals surface area contributed by atoms with Gasteiger partial charge < -0.3 is 19.9 Å². The van der Waals surface area contributed by atoms with Crippen LogP contribution < -0.4 is 5.73 Å². The number of ether oxygens (including phenoxy) is 3. The molecule has 278 valence electrons. The summed E-state index contributed by atoms with van der Waals surface area (Å²) in [6, 6.07) is 14.1. The summed E-state index contributed by atoms with van der Waals surface area (Å²) in [7, 11) is -1.50. The van der Waals surface area contributed by atoms with E-state index in [1.807, 2.05) is 30.3 Å². The van der Waals surface area contributed by atoms with Crippen molar-refractivity contribution in [1.82, 2.24) is 14.6 Å². The maximum Gasteiger partial charge on any atom is 0.521 e. The second-order valence-corrected chi connectivity index (χ2v) is 15.5. The molecule has 0 radical (unpaired) electrons. The molecule has 1 fully saturated rings. The Morgan fingerprint density at radius 2 is 1.50 bits per heavy atom. The number of hydrogen-bond acceptors (Lipinski definition) is 9. The average molecular weight is 730 g/mol. The zero-order valence-electron chi connectivity index (χ0n) is 30.4. The van der Waals surface area contributed by atoms with E-state index in [1.54, 1.807) is 4.52 Å². The van der Waals surface area contributed by atoms with Gasteiger partial charge in [0.25, 0.3) is 0 Å². The van der Waals surface area contributed by atoms with Gasteiger partial charge in [0.2, 0.25) is 11.8 Å². The van der Waals surface area contributed by atoms with E-state index >= 15 is 0 Å². The number of aromatic nitrogens is 3. The summed E-state index contributed by atoms with van der Waals surface area (Å²) in [5.74, 6) is 0.453. The minimum absolute atomic E-state index is 0.0607. The van der Waals surface area contributed by atoms with Crippen LogP contribution in [-0.2, 0) is 41.7 Å². The van der Waals surface area contributed by atoms with Crippen LogP contribution in [0.4, 0.5) is 5.82 Å². The van der Waals surface area contributed by atoms with Crippen molar-refractivity contribution in [2.75, 3.05) is 32.2 Å². The van der Waals surface area contributed by atoms with E-state index in [2.05, 4.69) is 29.1 Å². The molecule has 3 aromatic rings. The van der Waals surface area contributed by atoms with Gasteiger partial charge in [-0.1, -0.05) is 134 Å². The van der Waals surface area contributed by atoms with Gasteiger partial charge in [0.05, 0.1) is 25.0 Å². The van der Waals surface area contributed by atoms with Crippen molar-refractivity contribution < 1.29 is 23.3 Å². The first-order chi connectivity index (χ1) is 24.6. The molecule has 4 unspecified atom stereocenters. The quantitative estimate of drug-likeness (QED) is 0.0552. The summed E-state index contributed by atoms with van der Waals surface area (Å²) >= 11 is 5.55. The predicted molar refractivity (Wildman–Crippen MR) is 206 cm³/mol. The normalized spacial score (nSPS) is 17.1. The molecule has 4 atom stereocenters. The van der Waals surface area contributed by atoms with E-state index in [0.717, 1.165) is 42.6 Å². The van der Waals surface area contributed by atoms with Crippen LogP contribution in [0.25, 0.3) is 5.52 Å². The number of nitrogens with zero attached hydrogens (tertiary/aromatic N) is 3. The maximum atomic E-state index is 6.28. The first-order valence-electron chi connectivity index (χ1n) is 19.3. The molecule has 1 aliphatic heterocycles. The summed E-state index contributed by atoms with van der Waals surface area (Å²) in [6.07, 6.45) is 24.6. The van der Waals surface area contributed by atoms with Gasteiger partial charge in [-0.3, -0.25) is 0 Å². The highest BCUT2D eigenvalue weighted by atomic mass is 32.4. The molecule has 1 aromatic carbocycles. The topological polar surface area (TPSA) is 102 Å². The third-order valence-corrected chi connectivity index (χ3v) is 10.8. The molecule has 0 amide bonds. The number of nitrogens with two attached hydrogens (primary N) is 1. The Morgan fingerprint density at radius 3 is 2.18 bits per heavy atom. The molecule has 50 heavy (non-hydrogen) atoms. The second-order valence-electron chi connectivity index (χ2n) is 13.6. The lowest BCUT2D eigenvalue weighted by Gasteiger charge is -2.16. The van der Waals surface area contributed by atoms with E-state index in [-0.39, 0.29) is 18.3 Å². The minimum atomic E-state index is -1.50. The number of unbranched alkanes of at least 4 members (excludes halogenated alkanes) is 15. The summed E-state index contributed by atoms with van der Waals surface area (Å²) in [6.45, 7) is 4.70. The maximum absolute atomic E-state index is 6.28. The number of rotatable bonds is 29. The molecular weight excluding hydrogens is 667 g/mol. The van der Waals surface area contributed by atoms with Crippen LogP contribution in [0.1, 0.15) is 140 Å². The molecular formula is C39H62N4O5PS+. The Morgan fingerprint density at radius 1 is 0.840 bits per heavy atom. The average Bonchev–Trinajstić information content (AvgIpc) is 3.79. The van der Waals surface area contributed by atoms with Crippen molar-refractivity contribution >= 4 is 30.3 Å². The van der Waals surface area contributed by atoms with E-state index in [1.165, 1.54) is 103 Å². The highest BCUT2D eigenvalue weighted by Gasteiger charge is 2.31. The van der Waals surface area contributed by atoms with Gasteiger partial charge in [-0.05, 0) is 37.0 Å². The first-order valence-corrected chi connectivity index (χ1v) is 21.5. The molecule has 0 spiro atoms. The lowest BCUT2D eigenvalue weighted by Crippen LogP contribution is -2.25. The van der Waals surface area contributed by atoms with Crippen molar-refractivity contribution in [3.8, 4) is 0 Å². The SMILES string of the molecule is CCCCCCCCCCCCCCCCCCOCC(CO[P+](=S)OCC1CCC(c2ccc3c(N)ncnn23)O1)OCc1ccccc1. The van der Waals surface area contributed by atoms with Crippen LogP contribution >= 0.6 is 7.15 Å². The number of anilines is 1. The van der Waals surface area contributed by atoms with E-state index < -0.39 is 7.15 Å². The number of fused-ring (bicyclic) bond motifs is 1. The Hall–Kier alpha value is -2.04. The van der Waals surface area contributed by atoms with Crippen LogP contribution in [0.5, 0.6) is 0 Å². The Bertz CT molecular complexity index is 1330.